The molecule has 2 unspecified atom stereocenters. The molecular weight excluding hydrogens is 526 g/mol. The monoisotopic (exact) mass is 547 g/mol. The van der Waals surface area contributed by atoms with Gasteiger partial charge in [0.15, 0.2) is 5.11 Å². The number of aryl methyl sites for hydroxylation is 2. The number of nitrogens with one attached hydrogen (secondary N) is 1. The highest BCUT2D eigenvalue weighted by Gasteiger charge is 2.42. The number of aromatic carboxylic acids is 1. The average molecular weight is 548 g/mol. The predicted molar refractivity (Wildman–Crippen MR) is 143 cm³/mol. The number of carboxylic acids is 1. The molecule has 1 fully saturated rings. The molecule has 2 aromatic heterocycles. The van der Waals surface area contributed by atoms with Crippen LogP contribution in [0.1, 0.15) is 45.0 Å². The lowest BCUT2D eigenvalue weighted by atomic mass is 10.0. The van der Waals surface area contributed by atoms with Gasteiger partial charge in [0.25, 0.3) is 0 Å². The van der Waals surface area contributed by atoms with Gasteiger partial charge >= 0.3 is 5.97 Å². The summed E-state index contributed by atoms with van der Waals surface area (Å²) in [6.07, 6.45) is 1.77. The first-order valence-corrected chi connectivity index (χ1v) is 12.2. The molecule has 0 spiro atoms. The summed E-state index contributed by atoms with van der Waals surface area (Å²) in [5, 5.41) is 13.3. The molecule has 1 aliphatic rings. The summed E-state index contributed by atoms with van der Waals surface area (Å²) in [6, 6.07) is 20.3. The van der Waals surface area contributed by atoms with Gasteiger partial charge in [0.1, 0.15) is 17.6 Å². The second-order valence-electron chi connectivity index (χ2n) is 8.47. The molecule has 4 aromatic rings. The molecule has 5 rings (SSSR count). The van der Waals surface area contributed by atoms with E-state index < -0.39 is 5.97 Å². The summed E-state index contributed by atoms with van der Waals surface area (Å²) in [5.74, 6) is 0.438. The van der Waals surface area contributed by atoms with Crippen molar-refractivity contribution in [3.05, 3.63) is 106 Å². The maximum Gasteiger partial charge on any atom is 0.335 e. The third kappa shape index (κ3) is 4.35. The van der Waals surface area contributed by atoms with Crippen LogP contribution in [-0.2, 0) is 0 Å². The van der Waals surface area contributed by atoms with Crippen molar-refractivity contribution < 1.29 is 14.3 Å². The molecule has 0 amide bonds. The number of hydrogen-bond acceptors (Lipinski definition) is 4. The number of nitrogens with zero attached hydrogens (tertiary/aromatic N) is 2. The number of aromatic nitrogens is 1. The van der Waals surface area contributed by atoms with Crippen LogP contribution >= 0.6 is 28.1 Å². The normalized spacial score (nSPS) is 17.5. The quantitative estimate of drug-likeness (QED) is 0.272. The molecule has 0 aliphatic carbocycles. The van der Waals surface area contributed by atoms with Gasteiger partial charge in [-0.2, -0.15) is 0 Å². The topological polar surface area (TPSA) is 78.6 Å². The summed E-state index contributed by atoms with van der Waals surface area (Å²) in [5.41, 5.74) is 4.82. The smallest absolute Gasteiger partial charge is 0.335 e. The Morgan fingerprint density at radius 1 is 1.09 bits per heavy atom. The van der Waals surface area contributed by atoms with E-state index in [0.717, 1.165) is 38.3 Å². The third-order valence-corrected chi connectivity index (χ3v) is 7.38. The van der Waals surface area contributed by atoms with Crippen molar-refractivity contribution in [2.24, 2.45) is 0 Å². The highest BCUT2D eigenvalue weighted by atomic mass is 79.9. The Morgan fingerprint density at radius 2 is 1.91 bits per heavy atom. The molecule has 0 saturated carbocycles. The van der Waals surface area contributed by atoms with E-state index in [0.29, 0.717) is 10.9 Å². The first-order valence-electron chi connectivity index (χ1n) is 11.0. The fourth-order valence-corrected chi connectivity index (χ4v) is 5.02. The van der Waals surface area contributed by atoms with E-state index in [9.17, 15) is 9.90 Å². The van der Waals surface area contributed by atoms with Gasteiger partial charge < -0.3 is 19.7 Å². The van der Waals surface area contributed by atoms with Gasteiger partial charge in [-0.3, -0.25) is 4.98 Å². The summed E-state index contributed by atoms with van der Waals surface area (Å²) in [6.45, 7) is 3.92. The summed E-state index contributed by atoms with van der Waals surface area (Å²) in [4.78, 5) is 18.0. The van der Waals surface area contributed by atoms with E-state index in [1.807, 2.05) is 56.3 Å². The van der Waals surface area contributed by atoms with Crippen molar-refractivity contribution in [1.82, 2.24) is 10.3 Å². The van der Waals surface area contributed by atoms with Gasteiger partial charge in [-0.15, -0.1) is 0 Å². The van der Waals surface area contributed by atoms with E-state index in [1.54, 1.807) is 24.4 Å². The van der Waals surface area contributed by atoms with E-state index in [2.05, 4.69) is 37.2 Å². The number of anilines is 1. The van der Waals surface area contributed by atoms with Gasteiger partial charge in [-0.05, 0) is 91.8 Å². The Balaban J connectivity index is 1.60. The van der Waals surface area contributed by atoms with Gasteiger partial charge in [0.2, 0.25) is 0 Å². The van der Waals surface area contributed by atoms with E-state index >= 15 is 0 Å². The number of carboxylic acid groups (broad SMARTS) is 1. The van der Waals surface area contributed by atoms with Crippen molar-refractivity contribution in [2.75, 3.05) is 4.90 Å². The maximum absolute atomic E-state index is 11.3. The van der Waals surface area contributed by atoms with E-state index in [-0.39, 0.29) is 17.6 Å². The number of hydrogen-bond donors (Lipinski definition) is 2. The Labute approximate surface area is 216 Å². The lowest BCUT2D eigenvalue weighted by Crippen LogP contribution is -2.29. The zero-order valence-electron chi connectivity index (χ0n) is 19.0. The SMILES string of the molecule is Cc1cc(N2C(=S)NC(c3ccccn3)C2c2ccc(-c3ccc(C(=O)O)cc3C)o2)ccc1Br. The van der Waals surface area contributed by atoms with Crippen LogP contribution in [0.2, 0.25) is 0 Å². The molecule has 6 nitrogen and oxygen atoms in total. The number of carbonyl (C=O) groups is 1. The number of rotatable bonds is 5. The molecule has 2 N–H and O–H groups in total. The Kier molecular flexibility index (Phi) is 6.17. The van der Waals surface area contributed by atoms with Crippen LogP contribution in [0, 0.1) is 13.8 Å². The lowest BCUT2D eigenvalue weighted by Gasteiger charge is -2.26. The van der Waals surface area contributed by atoms with Crippen LogP contribution in [-0.4, -0.2) is 21.2 Å². The van der Waals surface area contributed by atoms with E-state index in [4.69, 9.17) is 16.6 Å². The molecule has 1 aliphatic heterocycles. The largest absolute Gasteiger partial charge is 0.478 e. The zero-order chi connectivity index (χ0) is 24.7. The number of pyridine rings is 1. The molecule has 35 heavy (non-hydrogen) atoms. The highest BCUT2D eigenvalue weighted by Crippen LogP contribution is 2.43. The number of furan rings is 1. The molecule has 2 aromatic carbocycles. The fraction of sp³-hybridized carbons (Fsp3) is 0.148. The standard InChI is InChI=1S/C27H22BrN3O3S/c1-15-13-17(26(32)33)6-8-19(15)22-10-11-23(34-22)25-24(21-5-3-4-12-29-21)30-27(35)31(25)18-7-9-20(28)16(2)14-18/h3-14,24-25H,1-2H3,(H,30,35)(H,32,33). The molecule has 1 saturated heterocycles. The molecule has 0 bridgehead atoms. The van der Waals surface area contributed by atoms with Crippen LogP contribution < -0.4 is 10.2 Å². The molecule has 2 atom stereocenters. The Morgan fingerprint density at radius 3 is 2.60 bits per heavy atom. The van der Waals surface area contributed by atoms with Crippen LogP contribution in [0.5, 0.6) is 0 Å². The minimum absolute atomic E-state index is 0.220. The molecule has 176 valence electrons. The van der Waals surface area contributed by atoms with Gasteiger partial charge in [-0.25, -0.2) is 4.79 Å². The average Bonchev–Trinajstić information content (AvgIpc) is 3.46. The van der Waals surface area contributed by atoms with Crippen LogP contribution in [0.15, 0.2) is 81.8 Å². The molecular formula is C27H22BrN3O3S. The van der Waals surface area contributed by atoms with Crippen LogP contribution in [0.3, 0.4) is 0 Å². The van der Waals surface area contributed by atoms with E-state index in [1.165, 1.54) is 0 Å². The van der Waals surface area contributed by atoms with Gasteiger partial charge in [0.05, 0.1) is 17.3 Å². The summed E-state index contributed by atoms with van der Waals surface area (Å²) >= 11 is 9.37. The van der Waals surface area contributed by atoms with Crippen LogP contribution in [0.4, 0.5) is 5.69 Å². The van der Waals surface area contributed by atoms with Gasteiger partial charge in [-0.1, -0.05) is 28.1 Å². The Bertz CT molecular complexity index is 1440. The summed E-state index contributed by atoms with van der Waals surface area (Å²) < 4.78 is 7.44. The third-order valence-electron chi connectivity index (χ3n) is 6.17. The minimum atomic E-state index is -0.955. The number of benzene rings is 2. The molecule has 3 heterocycles. The molecule has 0 radical (unpaired) electrons. The molecule has 8 heteroatoms. The highest BCUT2D eigenvalue weighted by molar-refractivity contribution is 9.10. The maximum atomic E-state index is 11.3. The number of thiocarbonyl (C=S) groups is 1. The fourth-order valence-electron chi connectivity index (χ4n) is 4.43. The first kappa shape index (κ1) is 23.3. The van der Waals surface area contributed by atoms with Crippen molar-refractivity contribution in [2.45, 2.75) is 25.9 Å². The van der Waals surface area contributed by atoms with Crippen molar-refractivity contribution in [1.29, 1.82) is 0 Å². The first-order chi connectivity index (χ1) is 16.8. The summed E-state index contributed by atoms with van der Waals surface area (Å²) in [7, 11) is 0. The van der Waals surface area contributed by atoms with Crippen LogP contribution in [0.25, 0.3) is 11.3 Å². The van der Waals surface area contributed by atoms with Crippen molar-refractivity contribution in [3.8, 4) is 11.3 Å². The van der Waals surface area contributed by atoms with Crippen molar-refractivity contribution in [3.63, 3.8) is 0 Å². The lowest BCUT2D eigenvalue weighted by molar-refractivity contribution is 0.0697. The van der Waals surface area contributed by atoms with Gasteiger partial charge in [0, 0.05) is 21.9 Å². The Hall–Kier alpha value is -3.49. The number of halogens is 1. The van der Waals surface area contributed by atoms with Crippen molar-refractivity contribution >= 4 is 44.9 Å². The second-order valence-corrected chi connectivity index (χ2v) is 9.71. The zero-order valence-corrected chi connectivity index (χ0v) is 21.4. The minimum Gasteiger partial charge on any atom is -0.478 e. The predicted octanol–water partition coefficient (Wildman–Crippen LogP) is 6.60. The second kappa shape index (κ2) is 9.28.